The third-order valence-corrected chi connectivity index (χ3v) is 6.30. The number of rotatable bonds is 6. The van der Waals surface area contributed by atoms with E-state index in [9.17, 15) is 19.8 Å². The van der Waals surface area contributed by atoms with Crippen molar-refractivity contribution in [2.45, 2.75) is 52.7 Å². The normalized spacial score (nSPS) is 17.3. The molecule has 1 aliphatic rings. The number of ether oxygens (including phenoxy) is 1. The molecule has 186 valence electrons. The molecular formula is C30H31NO5. The van der Waals surface area contributed by atoms with Crippen LogP contribution in [0.3, 0.4) is 0 Å². The van der Waals surface area contributed by atoms with Crippen molar-refractivity contribution >= 4 is 23.1 Å². The van der Waals surface area contributed by atoms with Gasteiger partial charge < -0.3 is 14.9 Å². The summed E-state index contributed by atoms with van der Waals surface area (Å²) in [6, 6.07) is 18.1. The number of carbonyl (C=O) groups excluding carboxylic acids is 2. The van der Waals surface area contributed by atoms with Crippen LogP contribution in [0.4, 0.5) is 5.69 Å². The van der Waals surface area contributed by atoms with E-state index in [4.69, 9.17) is 4.74 Å². The number of phenolic OH excluding ortho intramolecular Hbond substituents is 1. The summed E-state index contributed by atoms with van der Waals surface area (Å²) < 4.78 is 5.80. The molecule has 6 nitrogen and oxygen atoms in total. The van der Waals surface area contributed by atoms with Gasteiger partial charge in [0.1, 0.15) is 17.3 Å². The van der Waals surface area contributed by atoms with Crippen LogP contribution in [0.15, 0.2) is 72.3 Å². The van der Waals surface area contributed by atoms with Gasteiger partial charge in [0.2, 0.25) is 0 Å². The van der Waals surface area contributed by atoms with Crippen molar-refractivity contribution in [1.82, 2.24) is 0 Å². The standard InChI is InChI=1S/C30H31NO5/c1-17(2)20-6-11-23(12-7-20)31-27(21-8-13-24(32)14-9-21)26(29(34)30(31)35)28(33)22-10-15-25(19(5)16-22)36-18(3)4/h6-18,27,32-33H,1-5H3/b28-26-. The number of phenols is 1. The molecule has 0 spiro atoms. The first kappa shape index (κ1) is 25.0. The van der Waals surface area contributed by atoms with Crippen molar-refractivity contribution in [1.29, 1.82) is 0 Å². The molecule has 1 unspecified atom stereocenters. The minimum Gasteiger partial charge on any atom is -0.508 e. The highest BCUT2D eigenvalue weighted by atomic mass is 16.5. The number of amides is 1. The van der Waals surface area contributed by atoms with Crippen molar-refractivity contribution in [2.24, 2.45) is 0 Å². The maximum absolute atomic E-state index is 13.3. The molecule has 1 saturated heterocycles. The molecule has 3 aromatic rings. The Labute approximate surface area is 211 Å². The quantitative estimate of drug-likeness (QED) is 0.245. The fraction of sp³-hybridized carbons (Fsp3) is 0.267. The number of aromatic hydroxyl groups is 1. The van der Waals surface area contributed by atoms with E-state index in [1.165, 1.54) is 17.0 Å². The van der Waals surface area contributed by atoms with Gasteiger partial charge in [-0.2, -0.15) is 0 Å². The number of benzene rings is 3. The zero-order valence-electron chi connectivity index (χ0n) is 21.1. The second kappa shape index (κ2) is 9.90. The largest absolute Gasteiger partial charge is 0.508 e. The van der Waals surface area contributed by atoms with Crippen LogP contribution in [-0.4, -0.2) is 28.0 Å². The van der Waals surface area contributed by atoms with Gasteiger partial charge in [0.25, 0.3) is 11.7 Å². The topological polar surface area (TPSA) is 87.1 Å². The second-order valence-electron chi connectivity index (χ2n) is 9.65. The highest BCUT2D eigenvalue weighted by Gasteiger charge is 2.47. The highest BCUT2D eigenvalue weighted by molar-refractivity contribution is 6.51. The lowest BCUT2D eigenvalue weighted by molar-refractivity contribution is -0.132. The Hall–Kier alpha value is -4.06. The Morgan fingerprint density at radius 3 is 2.11 bits per heavy atom. The van der Waals surface area contributed by atoms with E-state index < -0.39 is 17.7 Å². The number of ketones is 1. The van der Waals surface area contributed by atoms with Crippen LogP contribution in [0.1, 0.15) is 61.9 Å². The summed E-state index contributed by atoms with van der Waals surface area (Å²) in [6.45, 7) is 9.88. The van der Waals surface area contributed by atoms with Crippen LogP contribution in [0.25, 0.3) is 5.76 Å². The first-order chi connectivity index (χ1) is 17.1. The van der Waals surface area contributed by atoms with Crippen LogP contribution < -0.4 is 9.64 Å². The summed E-state index contributed by atoms with van der Waals surface area (Å²) in [5, 5.41) is 21.2. The monoisotopic (exact) mass is 485 g/mol. The Kier molecular flexibility index (Phi) is 6.88. The summed E-state index contributed by atoms with van der Waals surface area (Å²) in [6.07, 6.45) is -0.00921. The molecule has 1 atom stereocenters. The second-order valence-corrected chi connectivity index (χ2v) is 9.65. The first-order valence-corrected chi connectivity index (χ1v) is 12.1. The molecule has 4 rings (SSSR count). The molecule has 36 heavy (non-hydrogen) atoms. The van der Waals surface area contributed by atoms with Gasteiger partial charge in [0, 0.05) is 11.3 Å². The number of aryl methyl sites for hydroxylation is 1. The fourth-order valence-electron chi connectivity index (χ4n) is 4.43. The molecule has 0 aliphatic carbocycles. The number of hydrogen-bond acceptors (Lipinski definition) is 5. The number of aliphatic hydroxyl groups excluding tert-OH is 1. The summed E-state index contributed by atoms with van der Waals surface area (Å²) >= 11 is 0. The molecule has 2 N–H and O–H groups in total. The van der Waals surface area contributed by atoms with Gasteiger partial charge in [-0.05, 0) is 85.8 Å². The van der Waals surface area contributed by atoms with Gasteiger partial charge in [0.15, 0.2) is 0 Å². The molecule has 6 heteroatoms. The molecule has 1 amide bonds. The summed E-state index contributed by atoms with van der Waals surface area (Å²) in [5.41, 5.74) is 3.47. The summed E-state index contributed by atoms with van der Waals surface area (Å²) in [5.74, 6) is -0.682. The van der Waals surface area contributed by atoms with Crippen LogP contribution in [-0.2, 0) is 9.59 Å². The molecule has 1 fully saturated rings. The van der Waals surface area contributed by atoms with Gasteiger partial charge in [0.05, 0.1) is 17.7 Å². The predicted octanol–water partition coefficient (Wildman–Crippen LogP) is 6.24. The van der Waals surface area contributed by atoms with Gasteiger partial charge in [-0.1, -0.05) is 38.1 Å². The van der Waals surface area contributed by atoms with Gasteiger partial charge in [-0.15, -0.1) is 0 Å². The summed E-state index contributed by atoms with van der Waals surface area (Å²) in [4.78, 5) is 28.1. The molecule has 0 saturated carbocycles. The van der Waals surface area contributed by atoms with E-state index in [1.807, 2.05) is 45.0 Å². The molecule has 3 aromatic carbocycles. The molecule has 0 radical (unpaired) electrons. The number of carbonyl (C=O) groups is 2. The van der Waals surface area contributed by atoms with E-state index in [0.717, 1.165) is 11.1 Å². The van der Waals surface area contributed by atoms with Crippen molar-refractivity contribution in [2.75, 3.05) is 4.90 Å². The maximum atomic E-state index is 13.3. The highest BCUT2D eigenvalue weighted by Crippen LogP contribution is 2.43. The summed E-state index contributed by atoms with van der Waals surface area (Å²) in [7, 11) is 0. The zero-order chi connectivity index (χ0) is 26.1. The maximum Gasteiger partial charge on any atom is 0.300 e. The Balaban J connectivity index is 1.87. The smallest absolute Gasteiger partial charge is 0.300 e. The van der Waals surface area contributed by atoms with Gasteiger partial charge >= 0.3 is 0 Å². The van der Waals surface area contributed by atoms with Crippen LogP contribution in [0.2, 0.25) is 0 Å². The lowest BCUT2D eigenvalue weighted by Crippen LogP contribution is -2.29. The Bertz CT molecular complexity index is 1320. The van der Waals surface area contributed by atoms with Crippen LogP contribution in [0, 0.1) is 6.92 Å². The van der Waals surface area contributed by atoms with Gasteiger partial charge in [-0.25, -0.2) is 0 Å². The van der Waals surface area contributed by atoms with E-state index in [1.54, 1.807) is 30.3 Å². The molecule has 1 heterocycles. The molecule has 0 bridgehead atoms. The van der Waals surface area contributed by atoms with E-state index >= 15 is 0 Å². The average molecular weight is 486 g/mol. The van der Waals surface area contributed by atoms with Gasteiger partial charge in [-0.3, -0.25) is 14.5 Å². The number of anilines is 1. The minimum absolute atomic E-state index is 0.00412. The SMILES string of the molecule is Cc1cc(/C(O)=C2/C(=O)C(=O)N(c3ccc(C(C)C)cc3)C2c2ccc(O)cc2)ccc1OC(C)C. The van der Waals surface area contributed by atoms with Crippen LogP contribution in [0.5, 0.6) is 11.5 Å². The van der Waals surface area contributed by atoms with Crippen LogP contribution >= 0.6 is 0 Å². The number of Topliss-reactive ketones (excluding diaryl/α,β-unsaturated/α-hetero) is 1. The third kappa shape index (κ3) is 4.71. The zero-order valence-corrected chi connectivity index (χ0v) is 21.1. The lowest BCUT2D eigenvalue weighted by Gasteiger charge is -2.26. The number of nitrogens with zero attached hydrogens (tertiary/aromatic N) is 1. The van der Waals surface area contributed by atoms with E-state index in [-0.39, 0.29) is 23.2 Å². The minimum atomic E-state index is -0.859. The van der Waals surface area contributed by atoms with Crippen molar-refractivity contribution in [3.63, 3.8) is 0 Å². The van der Waals surface area contributed by atoms with Crippen molar-refractivity contribution in [3.05, 3.63) is 94.6 Å². The predicted molar refractivity (Wildman–Crippen MR) is 140 cm³/mol. The Morgan fingerprint density at radius 1 is 0.917 bits per heavy atom. The van der Waals surface area contributed by atoms with Crippen molar-refractivity contribution in [3.8, 4) is 11.5 Å². The first-order valence-electron chi connectivity index (χ1n) is 12.1. The average Bonchev–Trinajstić information content (AvgIpc) is 3.10. The van der Waals surface area contributed by atoms with E-state index in [0.29, 0.717) is 28.5 Å². The Morgan fingerprint density at radius 2 is 1.56 bits per heavy atom. The van der Waals surface area contributed by atoms with Crippen molar-refractivity contribution < 1.29 is 24.5 Å². The third-order valence-electron chi connectivity index (χ3n) is 6.30. The van der Waals surface area contributed by atoms with E-state index in [2.05, 4.69) is 13.8 Å². The molecular weight excluding hydrogens is 454 g/mol. The fourth-order valence-corrected chi connectivity index (χ4v) is 4.43. The number of aliphatic hydroxyl groups is 1. The lowest BCUT2D eigenvalue weighted by atomic mass is 9.94. The molecule has 1 aliphatic heterocycles. The molecule has 0 aromatic heterocycles. The number of hydrogen-bond donors (Lipinski definition) is 2.